The highest BCUT2D eigenvalue weighted by molar-refractivity contribution is 5.96. The summed E-state index contributed by atoms with van der Waals surface area (Å²) in [5.74, 6) is 0.353. The molecule has 1 aromatic heterocycles. The molecule has 2 heterocycles. The average Bonchev–Trinajstić information content (AvgIpc) is 2.54. The summed E-state index contributed by atoms with van der Waals surface area (Å²) in [6.45, 7) is 9.51. The van der Waals surface area contributed by atoms with Crippen LogP contribution in [0.2, 0.25) is 0 Å². The van der Waals surface area contributed by atoms with E-state index in [2.05, 4.69) is 36.1 Å². The Balaban J connectivity index is 1.64. The Bertz CT molecular complexity index is 807. The van der Waals surface area contributed by atoms with Gasteiger partial charge in [-0.25, -0.2) is 4.79 Å². The Morgan fingerprint density at radius 2 is 1.80 bits per heavy atom. The molecule has 0 saturated carbocycles. The lowest BCUT2D eigenvalue weighted by Crippen LogP contribution is -2.48. The molecule has 5 nitrogen and oxygen atoms in total. The zero-order chi connectivity index (χ0) is 18.0. The highest BCUT2D eigenvalue weighted by atomic mass is 16.4. The Hall–Kier alpha value is -2.40. The van der Waals surface area contributed by atoms with Crippen molar-refractivity contribution < 1.29 is 9.21 Å². The summed E-state index contributed by atoms with van der Waals surface area (Å²) < 4.78 is 5.10. The van der Waals surface area contributed by atoms with Crippen LogP contribution in [0.25, 0.3) is 0 Å². The van der Waals surface area contributed by atoms with Gasteiger partial charge in [0.05, 0.1) is 5.56 Å². The Morgan fingerprint density at radius 1 is 1.08 bits per heavy atom. The van der Waals surface area contributed by atoms with Crippen molar-refractivity contribution in [3.05, 3.63) is 68.8 Å². The molecule has 1 aliphatic rings. The van der Waals surface area contributed by atoms with E-state index in [1.54, 1.807) is 13.8 Å². The van der Waals surface area contributed by atoms with Gasteiger partial charge in [0.2, 0.25) is 0 Å². The smallest absolute Gasteiger partial charge is 0.336 e. The van der Waals surface area contributed by atoms with Crippen molar-refractivity contribution in [3.8, 4) is 0 Å². The molecule has 0 radical (unpaired) electrons. The molecule has 0 atom stereocenters. The zero-order valence-corrected chi connectivity index (χ0v) is 15.0. The minimum Gasteiger partial charge on any atom is -0.427 e. The Labute approximate surface area is 147 Å². The van der Waals surface area contributed by atoms with Gasteiger partial charge >= 0.3 is 5.63 Å². The number of amides is 1. The number of benzene rings is 1. The third-order valence-electron chi connectivity index (χ3n) is 4.70. The molecule has 0 spiro atoms. The summed E-state index contributed by atoms with van der Waals surface area (Å²) in [4.78, 5) is 28.4. The largest absolute Gasteiger partial charge is 0.427 e. The molecule has 2 aromatic rings. The summed E-state index contributed by atoms with van der Waals surface area (Å²) >= 11 is 0. The van der Waals surface area contributed by atoms with Crippen LogP contribution in [-0.2, 0) is 6.54 Å². The van der Waals surface area contributed by atoms with Crippen molar-refractivity contribution in [3.63, 3.8) is 0 Å². The lowest BCUT2D eigenvalue weighted by Gasteiger charge is -2.35. The molecule has 1 fully saturated rings. The molecule has 1 amide bonds. The van der Waals surface area contributed by atoms with Crippen LogP contribution >= 0.6 is 0 Å². The van der Waals surface area contributed by atoms with E-state index in [1.807, 2.05) is 4.90 Å². The van der Waals surface area contributed by atoms with E-state index in [1.165, 1.54) is 17.2 Å². The summed E-state index contributed by atoms with van der Waals surface area (Å²) in [7, 11) is 0. The molecule has 1 aromatic carbocycles. The van der Waals surface area contributed by atoms with Crippen LogP contribution in [0.1, 0.15) is 32.8 Å². The first-order chi connectivity index (χ1) is 11.9. The van der Waals surface area contributed by atoms with Crippen LogP contribution in [0, 0.1) is 20.8 Å². The Morgan fingerprint density at radius 3 is 2.44 bits per heavy atom. The molecule has 0 bridgehead atoms. The molecular formula is C20H24N2O3. The van der Waals surface area contributed by atoms with Crippen molar-refractivity contribution in [2.45, 2.75) is 27.3 Å². The number of carbonyl (C=O) groups is 1. The number of hydrogen-bond acceptors (Lipinski definition) is 4. The van der Waals surface area contributed by atoms with Crippen LogP contribution < -0.4 is 5.63 Å². The molecule has 0 unspecified atom stereocenters. The topological polar surface area (TPSA) is 53.8 Å². The Kier molecular flexibility index (Phi) is 5.04. The van der Waals surface area contributed by atoms with Crippen molar-refractivity contribution in [1.29, 1.82) is 0 Å². The van der Waals surface area contributed by atoms with Gasteiger partial charge in [-0.15, -0.1) is 0 Å². The maximum atomic E-state index is 12.8. The fourth-order valence-electron chi connectivity index (χ4n) is 3.41. The molecular weight excluding hydrogens is 316 g/mol. The van der Waals surface area contributed by atoms with Crippen LogP contribution in [-0.4, -0.2) is 41.9 Å². The normalized spacial score (nSPS) is 15.4. The van der Waals surface area contributed by atoms with Gasteiger partial charge in [0.25, 0.3) is 5.91 Å². The van der Waals surface area contributed by atoms with Crippen molar-refractivity contribution >= 4 is 5.91 Å². The van der Waals surface area contributed by atoms with Gasteiger partial charge in [0, 0.05) is 38.8 Å². The third-order valence-corrected chi connectivity index (χ3v) is 4.70. The first-order valence-electron chi connectivity index (χ1n) is 8.62. The highest BCUT2D eigenvalue weighted by Crippen LogP contribution is 2.16. The van der Waals surface area contributed by atoms with Gasteiger partial charge in [-0.1, -0.05) is 29.8 Å². The standard InChI is InChI=1S/C20H24N2O3/c1-14-5-4-6-17(11-14)13-21-7-9-22(10-8-21)20(24)19-15(2)12-18(23)25-16(19)3/h4-6,11-12H,7-10,13H2,1-3H3. The zero-order valence-electron chi connectivity index (χ0n) is 15.0. The molecule has 3 rings (SSSR count). The highest BCUT2D eigenvalue weighted by Gasteiger charge is 2.25. The van der Waals surface area contributed by atoms with E-state index in [4.69, 9.17) is 4.42 Å². The second-order valence-corrected chi connectivity index (χ2v) is 6.74. The number of aryl methyl sites for hydroxylation is 3. The molecule has 25 heavy (non-hydrogen) atoms. The van der Waals surface area contributed by atoms with E-state index in [0.29, 0.717) is 30.0 Å². The molecule has 132 valence electrons. The van der Waals surface area contributed by atoms with Gasteiger partial charge < -0.3 is 9.32 Å². The van der Waals surface area contributed by atoms with Crippen LogP contribution in [0.5, 0.6) is 0 Å². The number of rotatable bonds is 3. The first-order valence-corrected chi connectivity index (χ1v) is 8.62. The monoisotopic (exact) mass is 340 g/mol. The maximum Gasteiger partial charge on any atom is 0.336 e. The van der Waals surface area contributed by atoms with Crippen LogP contribution in [0.4, 0.5) is 0 Å². The fraction of sp³-hybridized carbons (Fsp3) is 0.400. The second kappa shape index (κ2) is 7.23. The van der Waals surface area contributed by atoms with E-state index in [9.17, 15) is 9.59 Å². The van der Waals surface area contributed by atoms with Crippen LogP contribution in [0.3, 0.4) is 0 Å². The third kappa shape index (κ3) is 3.99. The predicted molar refractivity (Wildman–Crippen MR) is 96.8 cm³/mol. The lowest BCUT2D eigenvalue weighted by molar-refractivity contribution is 0.0623. The number of piperazine rings is 1. The van der Waals surface area contributed by atoms with Crippen molar-refractivity contribution in [2.75, 3.05) is 26.2 Å². The fourth-order valence-corrected chi connectivity index (χ4v) is 3.41. The average molecular weight is 340 g/mol. The minimum absolute atomic E-state index is 0.0473. The number of hydrogen-bond donors (Lipinski definition) is 0. The van der Waals surface area contributed by atoms with Gasteiger partial charge in [-0.2, -0.15) is 0 Å². The molecule has 1 aliphatic heterocycles. The summed E-state index contributed by atoms with van der Waals surface area (Å²) in [6.07, 6.45) is 0. The van der Waals surface area contributed by atoms with E-state index < -0.39 is 5.63 Å². The molecule has 5 heteroatoms. The minimum atomic E-state index is -0.408. The molecule has 0 aliphatic carbocycles. The molecule has 1 saturated heterocycles. The first kappa shape index (κ1) is 17.4. The van der Waals surface area contributed by atoms with E-state index in [-0.39, 0.29) is 5.91 Å². The van der Waals surface area contributed by atoms with Crippen LogP contribution in [0.15, 0.2) is 39.5 Å². The van der Waals surface area contributed by atoms with Crippen molar-refractivity contribution in [2.24, 2.45) is 0 Å². The number of nitrogens with zero attached hydrogens (tertiary/aromatic N) is 2. The quantitative estimate of drug-likeness (QED) is 0.862. The van der Waals surface area contributed by atoms with Crippen molar-refractivity contribution in [1.82, 2.24) is 9.80 Å². The summed E-state index contributed by atoms with van der Waals surface area (Å²) in [5.41, 5.74) is 3.36. The van der Waals surface area contributed by atoms with Gasteiger partial charge in [0.1, 0.15) is 5.76 Å². The summed E-state index contributed by atoms with van der Waals surface area (Å²) in [5, 5.41) is 0. The maximum absolute atomic E-state index is 12.8. The van der Waals surface area contributed by atoms with Gasteiger partial charge in [-0.05, 0) is 31.9 Å². The SMILES string of the molecule is Cc1cccc(CN2CCN(C(=O)c3c(C)cc(=O)oc3C)CC2)c1. The van der Waals surface area contributed by atoms with Gasteiger partial charge in [0.15, 0.2) is 0 Å². The van der Waals surface area contributed by atoms with Gasteiger partial charge in [-0.3, -0.25) is 9.69 Å². The number of carbonyl (C=O) groups excluding carboxylic acids is 1. The van der Waals surface area contributed by atoms with E-state index >= 15 is 0 Å². The second-order valence-electron chi connectivity index (χ2n) is 6.74. The molecule has 0 N–H and O–H groups in total. The summed E-state index contributed by atoms with van der Waals surface area (Å²) in [6, 6.07) is 9.91. The lowest BCUT2D eigenvalue weighted by atomic mass is 10.1. The predicted octanol–water partition coefficient (Wildman–Crippen LogP) is 2.52. The van der Waals surface area contributed by atoms with E-state index in [0.717, 1.165) is 19.6 Å².